The molecule has 1 aromatic carbocycles. The van der Waals surface area contributed by atoms with Gasteiger partial charge in [0, 0.05) is 4.47 Å². The highest BCUT2D eigenvalue weighted by Crippen LogP contribution is 2.23. The fourth-order valence-corrected chi connectivity index (χ4v) is 1.44. The van der Waals surface area contributed by atoms with E-state index in [2.05, 4.69) is 15.9 Å². The average molecular weight is 243 g/mol. The smallest absolute Gasteiger partial charge is 0.120 e. The third kappa shape index (κ3) is 2.86. The Labute approximate surface area is 86.0 Å². The van der Waals surface area contributed by atoms with Gasteiger partial charge in [-0.05, 0) is 17.7 Å². The van der Waals surface area contributed by atoms with Gasteiger partial charge in [0.2, 0.25) is 0 Å². The molecular formula is C10H11BrO2. The molecule has 13 heavy (non-hydrogen) atoms. The summed E-state index contributed by atoms with van der Waals surface area (Å²) >= 11 is 3.41. The Bertz CT molecular complexity index is 308. The summed E-state index contributed by atoms with van der Waals surface area (Å²) < 4.78 is 6.01. The zero-order valence-corrected chi connectivity index (χ0v) is 8.91. The molecule has 0 bridgehead atoms. The number of ether oxygens (including phenoxy) is 1. The van der Waals surface area contributed by atoms with Gasteiger partial charge in [-0.1, -0.05) is 34.1 Å². The molecule has 0 aliphatic carbocycles. The standard InChI is InChI=1S/C10H11BrO2/c1-13-9-5-4-8(3-2-6-12)10(11)7-9/h2-5,7,12H,6H2,1H3/b3-2+. The van der Waals surface area contributed by atoms with Crippen LogP contribution in [0.3, 0.4) is 0 Å². The molecule has 0 aliphatic heterocycles. The van der Waals surface area contributed by atoms with Crippen molar-refractivity contribution >= 4 is 22.0 Å². The number of rotatable bonds is 3. The molecule has 0 amide bonds. The van der Waals surface area contributed by atoms with Crippen molar-refractivity contribution in [3.05, 3.63) is 34.3 Å². The summed E-state index contributed by atoms with van der Waals surface area (Å²) in [4.78, 5) is 0. The molecule has 1 aromatic rings. The molecular weight excluding hydrogens is 232 g/mol. The van der Waals surface area contributed by atoms with Gasteiger partial charge in [0.15, 0.2) is 0 Å². The quantitative estimate of drug-likeness (QED) is 0.883. The maximum Gasteiger partial charge on any atom is 0.120 e. The molecule has 0 spiro atoms. The van der Waals surface area contributed by atoms with Crippen molar-refractivity contribution in [2.75, 3.05) is 13.7 Å². The van der Waals surface area contributed by atoms with Gasteiger partial charge in [-0.25, -0.2) is 0 Å². The van der Waals surface area contributed by atoms with E-state index in [0.29, 0.717) is 0 Å². The Hall–Kier alpha value is -0.800. The van der Waals surface area contributed by atoms with E-state index in [1.54, 1.807) is 13.2 Å². The maximum absolute atomic E-state index is 8.59. The summed E-state index contributed by atoms with van der Waals surface area (Å²) in [6.45, 7) is 0.0540. The van der Waals surface area contributed by atoms with Crippen LogP contribution in [0.25, 0.3) is 6.08 Å². The second kappa shape index (κ2) is 5.04. The van der Waals surface area contributed by atoms with Crippen LogP contribution >= 0.6 is 15.9 Å². The van der Waals surface area contributed by atoms with Crippen molar-refractivity contribution in [1.29, 1.82) is 0 Å². The largest absolute Gasteiger partial charge is 0.497 e. The predicted molar refractivity (Wildman–Crippen MR) is 56.8 cm³/mol. The third-order valence-electron chi connectivity index (χ3n) is 1.61. The summed E-state index contributed by atoms with van der Waals surface area (Å²) in [5.74, 6) is 0.813. The Balaban J connectivity index is 2.91. The summed E-state index contributed by atoms with van der Waals surface area (Å²) in [6, 6.07) is 5.69. The molecule has 0 atom stereocenters. The van der Waals surface area contributed by atoms with Crippen molar-refractivity contribution < 1.29 is 9.84 Å². The van der Waals surface area contributed by atoms with Gasteiger partial charge in [0.25, 0.3) is 0 Å². The minimum Gasteiger partial charge on any atom is -0.497 e. The Morgan fingerprint density at radius 2 is 2.31 bits per heavy atom. The number of aliphatic hydroxyl groups excluding tert-OH is 1. The molecule has 0 saturated heterocycles. The van der Waals surface area contributed by atoms with Gasteiger partial charge in [0.05, 0.1) is 13.7 Å². The molecule has 2 nitrogen and oxygen atoms in total. The lowest BCUT2D eigenvalue weighted by molar-refractivity contribution is 0.343. The highest BCUT2D eigenvalue weighted by atomic mass is 79.9. The number of halogens is 1. The highest BCUT2D eigenvalue weighted by molar-refractivity contribution is 9.10. The summed E-state index contributed by atoms with van der Waals surface area (Å²) in [5.41, 5.74) is 1.02. The van der Waals surface area contributed by atoms with Crippen LogP contribution in [0, 0.1) is 0 Å². The van der Waals surface area contributed by atoms with Gasteiger partial charge < -0.3 is 9.84 Å². The van der Waals surface area contributed by atoms with E-state index in [9.17, 15) is 0 Å². The molecule has 70 valence electrons. The van der Waals surface area contributed by atoms with Gasteiger partial charge in [-0.15, -0.1) is 0 Å². The zero-order valence-electron chi connectivity index (χ0n) is 7.33. The van der Waals surface area contributed by atoms with Crippen molar-refractivity contribution in [2.45, 2.75) is 0 Å². The molecule has 1 rings (SSSR count). The van der Waals surface area contributed by atoms with Crippen LogP contribution in [0.1, 0.15) is 5.56 Å². The normalized spacial score (nSPS) is 10.7. The lowest BCUT2D eigenvalue weighted by Gasteiger charge is -2.02. The Kier molecular flexibility index (Phi) is 3.99. The first-order chi connectivity index (χ1) is 6.27. The molecule has 0 aromatic heterocycles. The Morgan fingerprint density at radius 3 is 2.85 bits per heavy atom. The average Bonchev–Trinajstić information content (AvgIpc) is 2.16. The van der Waals surface area contributed by atoms with Crippen LogP contribution in [0.15, 0.2) is 28.7 Å². The first-order valence-corrected chi connectivity index (χ1v) is 4.68. The number of methoxy groups -OCH3 is 1. The van der Waals surface area contributed by atoms with E-state index < -0.39 is 0 Å². The minimum atomic E-state index is 0.0540. The molecule has 0 heterocycles. The zero-order chi connectivity index (χ0) is 9.68. The van der Waals surface area contributed by atoms with Crippen LogP contribution in [-0.4, -0.2) is 18.8 Å². The van der Waals surface area contributed by atoms with Crippen LogP contribution in [-0.2, 0) is 0 Å². The predicted octanol–water partition coefficient (Wildman–Crippen LogP) is 2.46. The monoisotopic (exact) mass is 242 g/mol. The summed E-state index contributed by atoms with van der Waals surface area (Å²) in [6.07, 6.45) is 3.54. The second-order valence-electron chi connectivity index (χ2n) is 2.47. The fraction of sp³-hybridized carbons (Fsp3) is 0.200. The van der Waals surface area contributed by atoms with Crippen LogP contribution < -0.4 is 4.74 Å². The van der Waals surface area contributed by atoms with E-state index >= 15 is 0 Å². The molecule has 0 aliphatic rings. The minimum absolute atomic E-state index is 0.0540. The second-order valence-corrected chi connectivity index (χ2v) is 3.33. The first kappa shape index (κ1) is 10.3. The fourth-order valence-electron chi connectivity index (χ4n) is 0.950. The van der Waals surface area contributed by atoms with Gasteiger partial charge in [-0.3, -0.25) is 0 Å². The van der Waals surface area contributed by atoms with Crippen molar-refractivity contribution in [3.63, 3.8) is 0 Å². The van der Waals surface area contributed by atoms with Gasteiger partial charge in [-0.2, -0.15) is 0 Å². The first-order valence-electron chi connectivity index (χ1n) is 3.89. The Morgan fingerprint density at radius 1 is 1.54 bits per heavy atom. The van der Waals surface area contributed by atoms with E-state index in [4.69, 9.17) is 9.84 Å². The maximum atomic E-state index is 8.59. The van der Waals surface area contributed by atoms with Crippen LogP contribution in [0.5, 0.6) is 5.75 Å². The SMILES string of the molecule is COc1ccc(/C=C/CO)c(Br)c1. The van der Waals surface area contributed by atoms with Gasteiger partial charge >= 0.3 is 0 Å². The topological polar surface area (TPSA) is 29.5 Å². The van der Waals surface area contributed by atoms with Crippen LogP contribution in [0.4, 0.5) is 0 Å². The number of hydrogen-bond donors (Lipinski definition) is 1. The number of aliphatic hydroxyl groups is 1. The molecule has 0 radical (unpaired) electrons. The summed E-state index contributed by atoms with van der Waals surface area (Å²) in [5, 5.41) is 8.59. The van der Waals surface area contributed by atoms with E-state index in [-0.39, 0.29) is 6.61 Å². The highest BCUT2D eigenvalue weighted by Gasteiger charge is 1.97. The number of hydrogen-bond acceptors (Lipinski definition) is 2. The number of benzene rings is 1. The van der Waals surface area contributed by atoms with Crippen molar-refractivity contribution in [1.82, 2.24) is 0 Å². The lowest BCUT2D eigenvalue weighted by atomic mass is 10.2. The summed E-state index contributed by atoms with van der Waals surface area (Å²) in [7, 11) is 1.63. The molecule has 3 heteroatoms. The lowest BCUT2D eigenvalue weighted by Crippen LogP contribution is -1.83. The third-order valence-corrected chi connectivity index (χ3v) is 2.30. The van der Waals surface area contributed by atoms with Crippen LogP contribution in [0.2, 0.25) is 0 Å². The van der Waals surface area contributed by atoms with Crippen molar-refractivity contribution in [2.24, 2.45) is 0 Å². The molecule has 0 saturated carbocycles. The van der Waals surface area contributed by atoms with E-state index in [0.717, 1.165) is 15.8 Å². The molecule has 0 fully saturated rings. The van der Waals surface area contributed by atoms with E-state index in [1.165, 1.54) is 0 Å². The molecule has 1 N–H and O–H groups in total. The van der Waals surface area contributed by atoms with Crippen molar-refractivity contribution in [3.8, 4) is 5.75 Å². The molecule has 0 unspecified atom stereocenters. The van der Waals surface area contributed by atoms with Gasteiger partial charge in [0.1, 0.15) is 5.75 Å². The van der Waals surface area contributed by atoms with E-state index in [1.807, 2.05) is 24.3 Å².